The molecule has 0 aliphatic carbocycles. The van der Waals surface area contributed by atoms with Crippen LogP contribution in [0.4, 0.5) is 0 Å². The maximum atomic E-state index is 9.95. The lowest BCUT2D eigenvalue weighted by Crippen LogP contribution is -1.88. The molecule has 0 saturated carbocycles. The highest BCUT2D eigenvalue weighted by Crippen LogP contribution is 1.71. The second kappa shape index (κ2) is 2.74. The zero-order chi connectivity index (χ0) is 4.99. The molecule has 0 N–H and O–H groups in total. The van der Waals surface area contributed by atoms with Gasteiger partial charge in [-0.25, -0.2) is 5.11 Å². The first-order valence-electron chi connectivity index (χ1n) is 1.85. The molecule has 0 heterocycles. The molecule has 0 saturated heterocycles. The lowest BCUT2D eigenvalue weighted by molar-refractivity contribution is 0.154. The average molecular weight is 83.1 g/mol. The maximum absolute atomic E-state index is 9.95. The van der Waals surface area contributed by atoms with Crippen molar-refractivity contribution in [1.82, 2.24) is 0 Å². The minimum Gasteiger partial charge on any atom is -0.219 e. The van der Waals surface area contributed by atoms with Gasteiger partial charge in [-0.15, -0.1) is 5.92 Å². The topological polar surface area (TPSA) is 19.9 Å². The Morgan fingerprint density at radius 2 is 2.17 bits per heavy atom. The third-order valence-electron chi connectivity index (χ3n) is 0.348. The van der Waals surface area contributed by atoms with Crippen molar-refractivity contribution >= 4 is 0 Å². The van der Waals surface area contributed by atoms with Crippen LogP contribution in [0.1, 0.15) is 13.8 Å². The van der Waals surface area contributed by atoms with E-state index in [9.17, 15) is 5.11 Å². The highest BCUT2D eigenvalue weighted by molar-refractivity contribution is 4.99. The van der Waals surface area contributed by atoms with E-state index in [1.54, 1.807) is 6.92 Å². The van der Waals surface area contributed by atoms with Gasteiger partial charge in [0, 0.05) is 0 Å². The van der Waals surface area contributed by atoms with E-state index in [0.29, 0.717) is 0 Å². The molecule has 1 nitrogen and oxygen atoms in total. The van der Waals surface area contributed by atoms with Crippen LogP contribution in [0.25, 0.3) is 0 Å². The number of rotatable bonds is 0. The molecule has 0 fully saturated rings. The van der Waals surface area contributed by atoms with Gasteiger partial charge in [0.05, 0.1) is 0 Å². The summed E-state index contributed by atoms with van der Waals surface area (Å²) in [4.78, 5) is 0. The van der Waals surface area contributed by atoms with Crippen LogP contribution in [-0.4, -0.2) is 6.10 Å². The van der Waals surface area contributed by atoms with Crippen molar-refractivity contribution in [2.75, 3.05) is 0 Å². The van der Waals surface area contributed by atoms with E-state index >= 15 is 0 Å². The van der Waals surface area contributed by atoms with E-state index < -0.39 is 6.10 Å². The standard InChI is InChI=1S/C5H7O/c1-3-4-5(2)6/h5H,1-2H3/t5-/m0/s1. The van der Waals surface area contributed by atoms with E-state index in [1.807, 2.05) is 0 Å². The van der Waals surface area contributed by atoms with Crippen molar-refractivity contribution in [3.63, 3.8) is 0 Å². The summed E-state index contributed by atoms with van der Waals surface area (Å²) >= 11 is 0. The molecular formula is C5H7O. The molecule has 0 spiro atoms. The van der Waals surface area contributed by atoms with Crippen LogP contribution >= 0.6 is 0 Å². The van der Waals surface area contributed by atoms with Crippen molar-refractivity contribution in [3.8, 4) is 11.8 Å². The quantitative estimate of drug-likeness (QED) is 0.386. The first-order valence-corrected chi connectivity index (χ1v) is 1.85. The predicted molar refractivity (Wildman–Crippen MR) is 23.6 cm³/mol. The average Bonchev–Trinajstić information content (AvgIpc) is 1.35. The molecule has 0 amide bonds. The van der Waals surface area contributed by atoms with Gasteiger partial charge >= 0.3 is 0 Å². The summed E-state index contributed by atoms with van der Waals surface area (Å²) in [5.41, 5.74) is 0. The van der Waals surface area contributed by atoms with Gasteiger partial charge in [-0.3, -0.25) is 0 Å². The predicted octanol–water partition coefficient (Wildman–Crippen LogP) is 0.829. The van der Waals surface area contributed by atoms with Gasteiger partial charge < -0.3 is 0 Å². The van der Waals surface area contributed by atoms with Crippen molar-refractivity contribution in [2.45, 2.75) is 20.0 Å². The molecular weight excluding hydrogens is 76.1 g/mol. The first kappa shape index (κ1) is 5.52. The lowest BCUT2D eigenvalue weighted by atomic mass is 10.4. The molecule has 0 aromatic rings. The van der Waals surface area contributed by atoms with Gasteiger partial charge in [0.1, 0.15) is 0 Å². The summed E-state index contributed by atoms with van der Waals surface area (Å²) in [5, 5.41) is 9.95. The van der Waals surface area contributed by atoms with E-state index in [0.717, 1.165) is 0 Å². The SMILES string of the molecule is CC#C[C@H](C)[O]. The lowest BCUT2D eigenvalue weighted by Gasteiger charge is -1.77. The van der Waals surface area contributed by atoms with Crippen LogP contribution in [0.15, 0.2) is 0 Å². The smallest absolute Gasteiger partial charge is 0.150 e. The molecule has 0 rings (SSSR count). The van der Waals surface area contributed by atoms with Crippen LogP contribution in [0.2, 0.25) is 0 Å². The van der Waals surface area contributed by atoms with Crippen LogP contribution in [-0.2, 0) is 5.11 Å². The Morgan fingerprint density at radius 1 is 1.67 bits per heavy atom. The Hall–Kier alpha value is -0.480. The largest absolute Gasteiger partial charge is 0.219 e. The molecule has 0 aromatic heterocycles. The Balaban J connectivity index is 3.20. The molecule has 1 atom stereocenters. The number of hydrogen-bond donors (Lipinski definition) is 0. The van der Waals surface area contributed by atoms with Gasteiger partial charge in [-0.1, -0.05) is 5.92 Å². The normalized spacial score (nSPS) is 11.8. The summed E-state index contributed by atoms with van der Waals surface area (Å²) in [6.45, 7) is 3.19. The van der Waals surface area contributed by atoms with Crippen molar-refractivity contribution in [2.24, 2.45) is 0 Å². The van der Waals surface area contributed by atoms with Crippen molar-refractivity contribution in [3.05, 3.63) is 0 Å². The van der Waals surface area contributed by atoms with Gasteiger partial charge in [0.25, 0.3) is 0 Å². The Morgan fingerprint density at radius 3 is 2.17 bits per heavy atom. The fourth-order valence-electron chi connectivity index (χ4n) is 0.203. The van der Waals surface area contributed by atoms with Gasteiger partial charge in [-0.2, -0.15) is 0 Å². The second-order valence-electron chi connectivity index (χ2n) is 1.04. The van der Waals surface area contributed by atoms with E-state index in [1.165, 1.54) is 6.92 Å². The summed E-state index contributed by atoms with van der Waals surface area (Å²) in [6, 6.07) is 0. The monoisotopic (exact) mass is 83.0 g/mol. The maximum Gasteiger partial charge on any atom is 0.150 e. The van der Waals surface area contributed by atoms with E-state index in [4.69, 9.17) is 0 Å². The summed E-state index contributed by atoms with van der Waals surface area (Å²) in [6.07, 6.45) is -0.713. The third-order valence-corrected chi connectivity index (χ3v) is 0.348. The van der Waals surface area contributed by atoms with Crippen LogP contribution in [0.3, 0.4) is 0 Å². The summed E-state index contributed by atoms with van der Waals surface area (Å²) in [5.74, 6) is 4.91. The zero-order valence-corrected chi connectivity index (χ0v) is 3.99. The van der Waals surface area contributed by atoms with Gasteiger partial charge in [-0.05, 0) is 13.8 Å². The van der Waals surface area contributed by atoms with Crippen molar-refractivity contribution in [1.29, 1.82) is 0 Å². The Labute approximate surface area is 38.0 Å². The minimum atomic E-state index is -0.713. The fraction of sp³-hybridized carbons (Fsp3) is 0.600. The van der Waals surface area contributed by atoms with Crippen LogP contribution in [0, 0.1) is 11.8 Å². The minimum absolute atomic E-state index is 0.713. The third kappa shape index (κ3) is 3.52. The van der Waals surface area contributed by atoms with E-state index in [-0.39, 0.29) is 0 Å². The second-order valence-corrected chi connectivity index (χ2v) is 1.04. The van der Waals surface area contributed by atoms with Crippen LogP contribution < -0.4 is 0 Å². The molecule has 6 heavy (non-hydrogen) atoms. The molecule has 1 radical (unpaired) electrons. The van der Waals surface area contributed by atoms with Crippen molar-refractivity contribution < 1.29 is 5.11 Å². The Bertz CT molecular complexity index is 73.7. The van der Waals surface area contributed by atoms with Gasteiger partial charge in [0.2, 0.25) is 0 Å². The van der Waals surface area contributed by atoms with Crippen LogP contribution in [0.5, 0.6) is 0 Å². The highest BCUT2D eigenvalue weighted by atomic mass is 16.3. The molecule has 0 unspecified atom stereocenters. The molecule has 33 valence electrons. The highest BCUT2D eigenvalue weighted by Gasteiger charge is 1.81. The summed E-state index contributed by atoms with van der Waals surface area (Å²) < 4.78 is 0. The molecule has 1 heteroatoms. The molecule has 0 aliphatic rings. The Kier molecular flexibility index (Phi) is 2.52. The van der Waals surface area contributed by atoms with E-state index in [2.05, 4.69) is 11.8 Å². The summed E-state index contributed by atoms with van der Waals surface area (Å²) in [7, 11) is 0. The van der Waals surface area contributed by atoms with Gasteiger partial charge in [0.15, 0.2) is 6.10 Å². The number of hydrogen-bond acceptors (Lipinski definition) is 0. The fourth-order valence-corrected chi connectivity index (χ4v) is 0.203. The molecule has 0 aliphatic heterocycles. The molecule has 0 aromatic carbocycles. The molecule has 0 bridgehead atoms. The first-order chi connectivity index (χ1) is 2.77. The zero-order valence-electron chi connectivity index (χ0n) is 3.99.